The van der Waals surface area contributed by atoms with Crippen molar-refractivity contribution in [1.82, 2.24) is 9.80 Å². The number of fused-ring (bicyclic) bond motifs is 1. The Labute approximate surface area is 122 Å². The van der Waals surface area contributed by atoms with Crippen LogP contribution >= 0.6 is 0 Å². The molecular weight excluding hydrogens is 272 g/mol. The minimum Gasteiger partial charge on any atom is -0.285 e. The van der Waals surface area contributed by atoms with Crippen molar-refractivity contribution < 1.29 is 19.2 Å². The summed E-state index contributed by atoms with van der Waals surface area (Å²) in [7, 11) is 2.99. The third-order valence-corrected chi connectivity index (χ3v) is 5.07. The molecule has 6 heteroatoms. The third-order valence-electron chi connectivity index (χ3n) is 5.07. The fourth-order valence-electron chi connectivity index (χ4n) is 3.83. The molecule has 0 aromatic rings. The molecule has 4 atom stereocenters. The molecule has 2 heterocycles. The molecule has 4 unspecified atom stereocenters. The van der Waals surface area contributed by atoms with E-state index in [1.807, 2.05) is 13.0 Å². The first kappa shape index (κ1) is 14.0. The van der Waals surface area contributed by atoms with Gasteiger partial charge in [0, 0.05) is 20.5 Å². The molecule has 2 fully saturated rings. The Hall–Kier alpha value is -1.98. The molecule has 0 aromatic heterocycles. The van der Waals surface area contributed by atoms with Crippen LogP contribution in [0.3, 0.4) is 0 Å². The minimum absolute atomic E-state index is 0.143. The number of imide groups is 2. The average Bonchev–Trinajstić information content (AvgIpc) is 2.83. The van der Waals surface area contributed by atoms with Crippen molar-refractivity contribution in [3.05, 3.63) is 11.6 Å². The molecule has 1 aliphatic carbocycles. The van der Waals surface area contributed by atoms with Crippen LogP contribution in [-0.2, 0) is 19.2 Å². The van der Waals surface area contributed by atoms with E-state index in [1.54, 1.807) is 0 Å². The van der Waals surface area contributed by atoms with Gasteiger partial charge in [-0.15, -0.1) is 0 Å². The number of carbonyl (C=O) groups is 4. The lowest BCUT2D eigenvalue weighted by molar-refractivity contribution is -0.140. The van der Waals surface area contributed by atoms with Gasteiger partial charge in [0.2, 0.25) is 23.6 Å². The molecule has 0 saturated carbocycles. The average molecular weight is 290 g/mol. The fraction of sp³-hybridized carbons (Fsp3) is 0.600. The summed E-state index contributed by atoms with van der Waals surface area (Å²) in [6.07, 6.45) is 2.58. The Morgan fingerprint density at radius 3 is 2.14 bits per heavy atom. The lowest BCUT2D eigenvalue weighted by Gasteiger charge is -2.29. The Morgan fingerprint density at radius 1 is 0.952 bits per heavy atom. The SMILES string of the molecule is CC1=CC(C2CC(=O)N(C)C2=O)CC2C(=O)N(C)C(=O)C12. The number of hydrogen-bond donors (Lipinski definition) is 0. The number of allylic oxidation sites excluding steroid dienone is 1. The van der Waals surface area contributed by atoms with Gasteiger partial charge in [0.15, 0.2) is 0 Å². The zero-order chi connectivity index (χ0) is 15.5. The van der Waals surface area contributed by atoms with Crippen LogP contribution in [0.4, 0.5) is 0 Å². The van der Waals surface area contributed by atoms with Gasteiger partial charge in [0.25, 0.3) is 0 Å². The van der Waals surface area contributed by atoms with Crippen LogP contribution in [0.5, 0.6) is 0 Å². The smallest absolute Gasteiger partial charge is 0.236 e. The first-order valence-corrected chi connectivity index (χ1v) is 7.13. The van der Waals surface area contributed by atoms with E-state index >= 15 is 0 Å². The van der Waals surface area contributed by atoms with Crippen molar-refractivity contribution in [2.75, 3.05) is 14.1 Å². The summed E-state index contributed by atoms with van der Waals surface area (Å²) in [5.41, 5.74) is 0.841. The van der Waals surface area contributed by atoms with E-state index in [9.17, 15) is 19.2 Å². The molecule has 0 N–H and O–H groups in total. The second-order valence-corrected chi connectivity index (χ2v) is 6.23. The van der Waals surface area contributed by atoms with E-state index in [2.05, 4.69) is 0 Å². The summed E-state index contributed by atoms with van der Waals surface area (Å²) >= 11 is 0. The highest BCUT2D eigenvalue weighted by molar-refractivity contribution is 6.07. The van der Waals surface area contributed by atoms with Gasteiger partial charge in [0.1, 0.15) is 0 Å². The first-order chi connectivity index (χ1) is 9.82. The molecule has 21 heavy (non-hydrogen) atoms. The van der Waals surface area contributed by atoms with Crippen LogP contribution in [-0.4, -0.2) is 47.5 Å². The zero-order valence-corrected chi connectivity index (χ0v) is 12.3. The molecule has 3 rings (SSSR count). The normalized spacial score (nSPS) is 36.4. The van der Waals surface area contributed by atoms with Gasteiger partial charge in [-0.3, -0.25) is 29.0 Å². The van der Waals surface area contributed by atoms with Gasteiger partial charge in [-0.25, -0.2) is 0 Å². The van der Waals surface area contributed by atoms with Crippen molar-refractivity contribution in [2.45, 2.75) is 19.8 Å². The summed E-state index contributed by atoms with van der Waals surface area (Å²) in [5, 5.41) is 0. The number of nitrogens with zero attached hydrogens (tertiary/aromatic N) is 2. The highest BCUT2D eigenvalue weighted by Crippen LogP contribution is 2.44. The van der Waals surface area contributed by atoms with E-state index < -0.39 is 5.92 Å². The zero-order valence-electron chi connectivity index (χ0n) is 12.3. The van der Waals surface area contributed by atoms with E-state index in [-0.39, 0.29) is 47.8 Å². The first-order valence-electron chi connectivity index (χ1n) is 7.13. The number of amides is 4. The molecule has 112 valence electrons. The molecule has 0 radical (unpaired) electrons. The monoisotopic (exact) mass is 290 g/mol. The summed E-state index contributed by atoms with van der Waals surface area (Å²) in [4.78, 5) is 50.4. The number of likely N-dealkylation sites (tertiary alicyclic amines) is 2. The predicted molar refractivity (Wildman–Crippen MR) is 72.5 cm³/mol. The Morgan fingerprint density at radius 2 is 1.57 bits per heavy atom. The Kier molecular flexibility index (Phi) is 3.00. The van der Waals surface area contributed by atoms with Crippen LogP contribution < -0.4 is 0 Å². The fourth-order valence-corrected chi connectivity index (χ4v) is 3.83. The van der Waals surface area contributed by atoms with Crippen molar-refractivity contribution in [3.8, 4) is 0 Å². The number of carbonyl (C=O) groups excluding carboxylic acids is 4. The maximum atomic E-state index is 12.2. The second kappa shape index (κ2) is 4.51. The van der Waals surface area contributed by atoms with Crippen molar-refractivity contribution in [3.63, 3.8) is 0 Å². The predicted octanol–water partition coefficient (Wildman–Crippen LogP) is 0.189. The quantitative estimate of drug-likeness (QED) is 0.510. The van der Waals surface area contributed by atoms with Crippen LogP contribution in [0.25, 0.3) is 0 Å². The van der Waals surface area contributed by atoms with Gasteiger partial charge in [-0.2, -0.15) is 0 Å². The third kappa shape index (κ3) is 1.85. The van der Waals surface area contributed by atoms with Crippen molar-refractivity contribution in [1.29, 1.82) is 0 Å². The topological polar surface area (TPSA) is 74.8 Å². The largest absolute Gasteiger partial charge is 0.285 e. The van der Waals surface area contributed by atoms with Gasteiger partial charge >= 0.3 is 0 Å². The molecule has 2 saturated heterocycles. The van der Waals surface area contributed by atoms with Gasteiger partial charge in [-0.05, 0) is 19.3 Å². The van der Waals surface area contributed by atoms with E-state index in [1.165, 1.54) is 19.0 Å². The second-order valence-electron chi connectivity index (χ2n) is 6.23. The van der Waals surface area contributed by atoms with Crippen LogP contribution in [0.15, 0.2) is 11.6 Å². The van der Waals surface area contributed by atoms with E-state index in [0.717, 1.165) is 10.5 Å². The molecule has 0 aromatic carbocycles. The number of rotatable bonds is 1. The molecule has 2 aliphatic heterocycles. The van der Waals surface area contributed by atoms with Crippen molar-refractivity contribution >= 4 is 23.6 Å². The van der Waals surface area contributed by atoms with Crippen molar-refractivity contribution in [2.24, 2.45) is 23.7 Å². The maximum Gasteiger partial charge on any atom is 0.236 e. The van der Waals surface area contributed by atoms with E-state index in [4.69, 9.17) is 0 Å². The summed E-state index contributed by atoms with van der Waals surface area (Å²) in [6, 6.07) is 0. The van der Waals surface area contributed by atoms with Gasteiger partial charge in [0.05, 0.1) is 17.8 Å². The highest BCUT2D eigenvalue weighted by atomic mass is 16.2. The molecule has 4 amide bonds. The minimum atomic E-state index is -0.396. The lowest BCUT2D eigenvalue weighted by atomic mass is 9.71. The molecule has 0 spiro atoms. The van der Waals surface area contributed by atoms with Crippen LogP contribution in [0, 0.1) is 23.7 Å². The summed E-state index contributed by atoms with van der Waals surface area (Å²) < 4.78 is 0. The molecular formula is C15H18N2O4. The molecule has 3 aliphatic rings. The van der Waals surface area contributed by atoms with Crippen LogP contribution in [0.1, 0.15) is 19.8 Å². The maximum absolute atomic E-state index is 12.2. The summed E-state index contributed by atoms with van der Waals surface area (Å²) in [6.45, 7) is 1.83. The Balaban J connectivity index is 1.90. The standard InChI is InChI=1S/C15H18N2O4/c1-7-4-8(9-6-11(18)16(2)13(9)19)5-10-12(7)15(21)17(3)14(10)20/h4,8-10,12H,5-6H2,1-3H3. The van der Waals surface area contributed by atoms with Gasteiger partial charge < -0.3 is 0 Å². The van der Waals surface area contributed by atoms with Crippen LogP contribution in [0.2, 0.25) is 0 Å². The molecule has 6 nitrogen and oxygen atoms in total. The summed E-state index contributed by atoms with van der Waals surface area (Å²) in [5.74, 6) is -2.00. The Bertz CT molecular complexity index is 594. The number of hydrogen-bond acceptors (Lipinski definition) is 4. The highest BCUT2D eigenvalue weighted by Gasteiger charge is 2.51. The lowest BCUT2D eigenvalue weighted by Crippen LogP contribution is -2.33. The van der Waals surface area contributed by atoms with E-state index in [0.29, 0.717) is 6.42 Å². The molecule has 0 bridgehead atoms. The van der Waals surface area contributed by atoms with Gasteiger partial charge in [-0.1, -0.05) is 11.6 Å².